The summed E-state index contributed by atoms with van der Waals surface area (Å²) in [6, 6.07) is -0.319. The first-order valence-corrected chi connectivity index (χ1v) is 17.8. The highest BCUT2D eigenvalue weighted by atomic mass is 16.7. The molecular weight excluding hydrogens is 616 g/mol. The third-order valence-corrected chi connectivity index (χ3v) is 11.1. The molecule has 1 amide bonds. The first kappa shape index (κ1) is 40.8. The third-order valence-electron chi connectivity index (χ3n) is 11.1. The molecule has 0 aromatic carbocycles. The van der Waals surface area contributed by atoms with Crippen LogP contribution in [0.25, 0.3) is 0 Å². The number of likely N-dealkylation sites (tertiary alicyclic amines) is 1. The van der Waals surface area contributed by atoms with E-state index in [2.05, 4.69) is 16.7 Å². The van der Waals surface area contributed by atoms with E-state index < -0.39 is 41.4 Å². The molecule has 0 aromatic rings. The maximum atomic E-state index is 14.3. The van der Waals surface area contributed by atoms with Gasteiger partial charge in [0.25, 0.3) is 0 Å². The van der Waals surface area contributed by atoms with Crippen molar-refractivity contribution in [3.05, 3.63) is 0 Å². The minimum Gasteiger partial charge on any atom is -0.463 e. The molecule has 0 aliphatic carbocycles. The van der Waals surface area contributed by atoms with Gasteiger partial charge in [-0.2, -0.15) is 0 Å². The zero-order chi connectivity index (χ0) is 36.3. The van der Waals surface area contributed by atoms with E-state index in [4.69, 9.17) is 18.9 Å². The van der Waals surface area contributed by atoms with Gasteiger partial charge in [-0.1, -0.05) is 20.8 Å². The quantitative estimate of drug-likeness (QED) is 0.285. The number of carbonyl (C=O) groups excluding carboxylic acids is 3. The van der Waals surface area contributed by atoms with Crippen LogP contribution < -0.4 is 0 Å². The maximum Gasteiger partial charge on any atom is 0.319 e. The lowest BCUT2D eigenvalue weighted by Gasteiger charge is -2.48. The van der Waals surface area contributed by atoms with E-state index in [0.717, 1.165) is 13.0 Å². The Hall–Kier alpha value is -1.67. The van der Waals surface area contributed by atoms with Gasteiger partial charge in [-0.05, 0) is 94.7 Å². The monoisotopic (exact) mass is 682 g/mol. The van der Waals surface area contributed by atoms with Gasteiger partial charge in [0.1, 0.15) is 18.1 Å². The molecule has 0 bridgehead atoms. The molecule has 3 heterocycles. The van der Waals surface area contributed by atoms with Crippen molar-refractivity contribution in [1.29, 1.82) is 0 Å². The second kappa shape index (κ2) is 16.6. The van der Waals surface area contributed by atoms with E-state index in [1.54, 1.807) is 27.9 Å². The molecule has 3 saturated heterocycles. The molecule has 48 heavy (non-hydrogen) atoms. The number of methoxy groups -OCH3 is 1. The second-order valence-corrected chi connectivity index (χ2v) is 16.3. The lowest BCUT2D eigenvalue weighted by Crippen LogP contribution is -2.60. The number of aliphatic hydroxyl groups is 1. The van der Waals surface area contributed by atoms with Gasteiger partial charge in [0.2, 0.25) is 5.91 Å². The summed E-state index contributed by atoms with van der Waals surface area (Å²) in [5.74, 6) is -1.39. The molecule has 10 atom stereocenters. The van der Waals surface area contributed by atoms with Gasteiger partial charge in [0.05, 0.1) is 17.8 Å². The van der Waals surface area contributed by atoms with Crippen molar-refractivity contribution in [1.82, 2.24) is 19.6 Å². The lowest BCUT2D eigenvalue weighted by molar-refractivity contribution is -0.295. The minimum atomic E-state index is -1.46. The molecule has 0 spiro atoms. The van der Waals surface area contributed by atoms with Crippen molar-refractivity contribution in [2.75, 3.05) is 75.1 Å². The van der Waals surface area contributed by atoms with Crippen LogP contribution in [0.2, 0.25) is 0 Å². The Labute approximate surface area is 289 Å². The zero-order valence-electron chi connectivity index (χ0n) is 32.0. The first-order valence-electron chi connectivity index (χ1n) is 17.8. The van der Waals surface area contributed by atoms with Gasteiger partial charge in [-0.15, -0.1) is 0 Å². The number of ether oxygens (including phenoxy) is 4. The molecule has 0 aromatic heterocycles. The Balaban J connectivity index is 1.88. The van der Waals surface area contributed by atoms with E-state index in [0.29, 0.717) is 32.5 Å². The van der Waals surface area contributed by atoms with Gasteiger partial charge in [-0.25, -0.2) is 0 Å². The van der Waals surface area contributed by atoms with Crippen LogP contribution in [0.5, 0.6) is 0 Å². The van der Waals surface area contributed by atoms with Crippen LogP contribution in [-0.2, 0) is 33.3 Å². The molecule has 3 aliphatic heterocycles. The molecule has 0 radical (unpaired) electrons. The molecule has 3 fully saturated rings. The van der Waals surface area contributed by atoms with Crippen LogP contribution in [-0.4, -0.2) is 160 Å². The molecule has 12 heteroatoms. The largest absolute Gasteiger partial charge is 0.463 e. The predicted octanol–water partition coefficient (Wildman–Crippen LogP) is 2.36. The van der Waals surface area contributed by atoms with Gasteiger partial charge >= 0.3 is 5.97 Å². The van der Waals surface area contributed by atoms with Crippen LogP contribution >= 0.6 is 0 Å². The lowest BCUT2D eigenvalue weighted by atomic mass is 9.74. The summed E-state index contributed by atoms with van der Waals surface area (Å²) in [6.45, 7) is 15.8. The number of esters is 1. The maximum absolute atomic E-state index is 14.3. The summed E-state index contributed by atoms with van der Waals surface area (Å²) in [5.41, 5.74) is -2.42. The first-order chi connectivity index (χ1) is 22.2. The Morgan fingerprint density at radius 1 is 1.08 bits per heavy atom. The highest BCUT2D eigenvalue weighted by molar-refractivity contribution is 6.04. The molecular formula is C36H66N4O8. The van der Waals surface area contributed by atoms with Crippen molar-refractivity contribution in [2.24, 2.45) is 29.1 Å². The van der Waals surface area contributed by atoms with Crippen LogP contribution in [0.1, 0.15) is 67.7 Å². The number of likely N-dealkylation sites (N-methyl/N-ethyl adjacent to an activating group) is 2. The smallest absolute Gasteiger partial charge is 0.319 e. The number of cyclic esters (lactones) is 1. The number of hydrogen-bond donors (Lipinski definition) is 1. The fraction of sp³-hybridized carbons (Fsp3) is 0.917. The highest BCUT2D eigenvalue weighted by Crippen LogP contribution is 2.39. The van der Waals surface area contributed by atoms with Crippen molar-refractivity contribution in [3.8, 4) is 0 Å². The van der Waals surface area contributed by atoms with Crippen LogP contribution in [0.4, 0.5) is 0 Å². The number of rotatable bonds is 9. The summed E-state index contributed by atoms with van der Waals surface area (Å²) in [4.78, 5) is 49.3. The summed E-state index contributed by atoms with van der Waals surface area (Å²) in [5, 5.41) is 11.3. The van der Waals surface area contributed by atoms with E-state index in [-0.39, 0.29) is 54.2 Å². The topological polar surface area (TPSA) is 121 Å². The number of hydrogen-bond acceptors (Lipinski definition) is 11. The SMILES string of the molecule is CO[C@]1(C)C[C@@H](C)CN(C)C(C2CN(C(=O)C(C)CCN(C)C)C2)COC(=O)C(C)(C)C(=O)[C@H](C)[C@H]1O[C@@H]1O[C@H](C)C[C@H](N(C)C)[C@H]1O. The Kier molecular flexibility index (Phi) is 14.1. The summed E-state index contributed by atoms with van der Waals surface area (Å²) >= 11 is 0. The normalized spacial score (nSPS) is 37.0. The fourth-order valence-corrected chi connectivity index (χ4v) is 7.88. The van der Waals surface area contributed by atoms with Crippen LogP contribution in [0, 0.1) is 29.1 Å². The number of amides is 1. The molecule has 3 aliphatic rings. The van der Waals surface area contributed by atoms with Gasteiger partial charge in [-0.3, -0.25) is 19.3 Å². The number of carbonyl (C=O) groups is 3. The molecule has 0 saturated carbocycles. The Morgan fingerprint density at radius 3 is 2.27 bits per heavy atom. The standard InChI is InChI=1S/C36H66N4O8/c1-22-17-36(7,45-13)31(48-33-29(41)27(38(10)11)16-24(3)47-33)25(4)30(42)35(5,6)34(44)46-21-28(39(12)18-22)26-19-40(20-26)32(43)23(2)14-15-37(8)9/h22-29,31,33,41H,14-21H2,1-13H3/t22-,23?,24-,25+,27+,28?,29-,31-,33+,36-/m1/s1. The number of ketones is 1. The summed E-state index contributed by atoms with van der Waals surface area (Å²) in [7, 11) is 11.5. The zero-order valence-corrected chi connectivity index (χ0v) is 32.0. The van der Waals surface area contributed by atoms with Crippen LogP contribution in [0.15, 0.2) is 0 Å². The molecule has 278 valence electrons. The average molecular weight is 683 g/mol. The number of Topliss-reactive ketones (excluding diaryl/α,β-unsaturated/α-hetero) is 1. The van der Waals surface area contributed by atoms with Crippen molar-refractivity contribution in [2.45, 2.75) is 110 Å². The van der Waals surface area contributed by atoms with E-state index in [1.165, 1.54) is 0 Å². The van der Waals surface area contributed by atoms with E-state index in [1.807, 2.05) is 65.8 Å². The van der Waals surface area contributed by atoms with Gasteiger partial charge < -0.3 is 38.8 Å². The highest BCUT2D eigenvalue weighted by Gasteiger charge is 2.52. The van der Waals surface area contributed by atoms with Crippen LogP contribution in [0.3, 0.4) is 0 Å². The summed E-state index contributed by atoms with van der Waals surface area (Å²) in [6.07, 6.45) is -0.950. The minimum absolute atomic E-state index is 0.0585. The number of aliphatic hydroxyl groups excluding tert-OH is 1. The second-order valence-electron chi connectivity index (χ2n) is 16.3. The van der Waals surface area contributed by atoms with Crippen molar-refractivity contribution < 1.29 is 38.4 Å². The molecule has 2 unspecified atom stereocenters. The molecule has 12 nitrogen and oxygen atoms in total. The Bertz CT molecular complexity index is 1100. The summed E-state index contributed by atoms with van der Waals surface area (Å²) < 4.78 is 25.0. The van der Waals surface area contributed by atoms with E-state index in [9.17, 15) is 19.5 Å². The average Bonchev–Trinajstić information content (AvgIpc) is 2.98. The Morgan fingerprint density at radius 2 is 1.71 bits per heavy atom. The molecule has 1 N–H and O–H groups in total. The van der Waals surface area contributed by atoms with E-state index >= 15 is 0 Å². The fourth-order valence-electron chi connectivity index (χ4n) is 7.88. The van der Waals surface area contributed by atoms with Gasteiger partial charge in [0, 0.05) is 56.6 Å². The van der Waals surface area contributed by atoms with Crippen molar-refractivity contribution >= 4 is 17.7 Å². The number of nitrogens with zero attached hydrogens (tertiary/aromatic N) is 4. The van der Waals surface area contributed by atoms with Crippen molar-refractivity contribution in [3.63, 3.8) is 0 Å². The predicted molar refractivity (Wildman–Crippen MR) is 184 cm³/mol. The molecule has 3 rings (SSSR count). The van der Waals surface area contributed by atoms with Gasteiger partial charge in [0.15, 0.2) is 12.1 Å². The third kappa shape index (κ3) is 9.35.